The summed E-state index contributed by atoms with van der Waals surface area (Å²) in [4.78, 5) is 0. The van der Waals surface area contributed by atoms with E-state index in [-0.39, 0.29) is 12.0 Å². The lowest BCUT2D eigenvalue weighted by Crippen LogP contribution is -2.21. The molecule has 3 aromatic heterocycles. The fraction of sp³-hybridized carbons (Fsp3) is 0.500. The Kier molecular flexibility index (Phi) is 3.68. The van der Waals surface area contributed by atoms with E-state index < -0.39 is 0 Å². The number of ether oxygens (including phenoxy) is 1. The van der Waals surface area contributed by atoms with Crippen molar-refractivity contribution in [2.75, 3.05) is 6.61 Å². The molecule has 0 saturated carbocycles. The molecule has 8 nitrogen and oxygen atoms in total. The molecule has 1 aliphatic heterocycles. The van der Waals surface area contributed by atoms with Crippen molar-refractivity contribution in [2.24, 2.45) is 14.1 Å². The van der Waals surface area contributed by atoms with Crippen molar-refractivity contribution in [2.45, 2.75) is 31.8 Å². The van der Waals surface area contributed by atoms with Crippen molar-refractivity contribution in [3.05, 3.63) is 35.6 Å². The molecular weight excluding hydrogens is 308 g/mol. The van der Waals surface area contributed by atoms with Gasteiger partial charge in [0.05, 0.1) is 18.2 Å². The molecule has 0 radical (unpaired) electrons. The molecule has 0 unspecified atom stereocenters. The summed E-state index contributed by atoms with van der Waals surface area (Å²) in [5.41, 5.74) is 2.78. The monoisotopic (exact) mass is 328 g/mol. The van der Waals surface area contributed by atoms with E-state index in [4.69, 9.17) is 9.15 Å². The molecule has 1 saturated heterocycles. The molecule has 1 aliphatic rings. The quantitative estimate of drug-likeness (QED) is 0.732. The molecule has 0 N–H and O–H groups in total. The highest BCUT2D eigenvalue weighted by molar-refractivity contribution is 5.46. The third-order valence-electron chi connectivity index (χ3n) is 4.47. The number of rotatable bonds is 3. The molecule has 4 rings (SSSR count). The van der Waals surface area contributed by atoms with Crippen LogP contribution in [0, 0.1) is 6.92 Å². The Balaban J connectivity index is 1.64. The molecule has 0 bridgehead atoms. The summed E-state index contributed by atoms with van der Waals surface area (Å²) in [6.45, 7) is 2.72. The highest BCUT2D eigenvalue weighted by Gasteiger charge is 2.34. The highest BCUT2D eigenvalue weighted by atomic mass is 16.5. The summed E-state index contributed by atoms with van der Waals surface area (Å²) < 4.78 is 15.5. The number of aromatic nitrogens is 6. The standard InChI is InChI=1S/C16H20N6O2/c1-10-7-13(20-22(10)3)16-19-18-15(24-16)12-5-4-6-23-14(12)11-8-17-21(2)9-11/h7-9,12,14H,4-6H2,1-3H3/t12-,14+/m1/s1. The van der Waals surface area contributed by atoms with E-state index in [0.29, 0.717) is 17.5 Å². The second kappa shape index (κ2) is 5.86. The zero-order chi connectivity index (χ0) is 16.7. The topological polar surface area (TPSA) is 83.8 Å². The Morgan fingerprint density at radius 3 is 2.83 bits per heavy atom. The molecule has 0 aromatic carbocycles. The summed E-state index contributed by atoms with van der Waals surface area (Å²) in [5.74, 6) is 1.08. The lowest BCUT2D eigenvalue weighted by Gasteiger charge is -2.28. The molecule has 0 spiro atoms. The molecule has 4 heterocycles. The highest BCUT2D eigenvalue weighted by Crippen LogP contribution is 2.40. The van der Waals surface area contributed by atoms with Gasteiger partial charge in [-0.2, -0.15) is 10.2 Å². The Labute approximate surface area is 139 Å². The normalized spacial score (nSPS) is 21.3. The minimum absolute atomic E-state index is 0.0361. The number of hydrogen-bond acceptors (Lipinski definition) is 6. The average molecular weight is 328 g/mol. The van der Waals surface area contributed by atoms with Crippen LogP contribution in [0.25, 0.3) is 11.6 Å². The van der Waals surface area contributed by atoms with E-state index in [1.165, 1.54) is 0 Å². The van der Waals surface area contributed by atoms with Crippen molar-refractivity contribution >= 4 is 0 Å². The van der Waals surface area contributed by atoms with Crippen molar-refractivity contribution in [1.29, 1.82) is 0 Å². The SMILES string of the molecule is Cc1cc(-c2nnc([C@@H]3CCCO[C@H]3c3cnn(C)c3)o2)nn1C. The Morgan fingerprint density at radius 2 is 2.12 bits per heavy atom. The third-order valence-corrected chi connectivity index (χ3v) is 4.47. The van der Waals surface area contributed by atoms with Gasteiger partial charge in [-0.3, -0.25) is 9.36 Å². The van der Waals surface area contributed by atoms with Crippen LogP contribution in [0.15, 0.2) is 22.9 Å². The zero-order valence-corrected chi connectivity index (χ0v) is 14.0. The third kappa shape index (κ3) is 2.62. The molecule has 0 aliphatic carbocycles. The van der Waals surface area contributed by atoms with Crippen molar-refractivity contribution in [3.63, 3.8) is 0 Å². The summed E-state index contributed by atoms with van der Waals surface area (Å²) in [7, 11) is 3.79. The van der Waals surface area contributed by atoms with Gasteiger partial charge in [-0.1, -0.05) is 0 Å². The van der Waals surface area contributed by atoms with Crippen molar-refractivity contribution in [1.82, 2.24) is 29.8 Å². The Hall–Kier alpha value is -2.48. The summed E-state index contributed by atoms with van der Waals surface area (Å²) >= 11 is 0. The molecule has 8 heteroatoms. The summed E-state index contributed by atoms with van der Waals surface area (Å²) in [6, 6.07) is 1.94. The first-order valence-corrected chi connectivity index (χ1v) is 8.06. The lowest BCUT2D eigenvalue weighted by molar-refractivity contribution is -0.00890. The van der Waals surface area contributed by atoms with Gasteiger partial charge in [0.15, 0.2) is 0 Å². The van der Waals surface area contributed by atoms with Gasteiger partial charge in [0.25, 0.3) is 5.89 Å². The second-order valence-corrected chi connectivity index (χ2v) is 6.23. The molecule has 1 fully saturated rings. The Morgan fingerprint density at radius 1 is 1.25 bits per heavy atom. The molecular formula is C16H20N6O2. The minimum atomic E-state index is -0.105. The molecule has 2 atom stereocenters. The van der Waals surface area contributed by atoms with Gasteiger partial charge in [0, 0.05) is 38.2 Å². The maximum Gasteiger partial charge on any atom is 0.268 e. The van der Waals surface area contributed by atoms with Crippen LogP contribution < -0.4 is 0 Å². The summed E-state index contributed by atoms with van der Waals surface area (Å²) in [5, 5.41) is 17.1. The van der Waals surface area contributed by atoms with E-state index in [1.807, 2.05) is 39.5 Å². The van der Waals surface area contributed by atoms with E-state index in [9.17, 15) is 0 Å². The first kappa shape index (κ1) is 15.1. The number of nitrogens with zero attached hydrogens (tertiary/aromatic N) is 6. The van der Waals surface area contributed by atoms with Crippen LogP contribution in [-0.2, 0) is 18.8 Å². The van der Waals surface area contributed by atoms with Crippen LogP contribution in [0.1, 0.15) is 42.0 Å². The smallest absolute Gasteiger partial charge is 0.268 e. The van der Waals surface area contributed by atoms with Gasteiger partial charge in [-0.05, 0) is 25.8 Å². The van der Waals surface area contributed by atoms with Gasteiger partial charge in [-0.25, -0.2) is 0 Å². The first-order valence-electron chi connectivity index (χ1n) is 8.06. The van der Waals surface area contributed by atoms with E-state index >= 15 is 0 Å². The van der Waals surface area contributed by atoms with Crippen LogP contribution in [0.2, 0.25) is 0 Å². The van der Waals surface area contributed by atoms with Crippen LogP contribution >= 0.6 is 0 Å². The number of aryl methyl sites for hydroxylation is 3. The maximum absolute atomic E-state index is 5.98. The van der Waals surface area contributed by atoms with Crippen molar-refractivity contribution < 1.29 is 9.15 Å². The van der Waals surface area contributed by atoms with Crippen LogP contribution in [0.4, 0.5) is 0 Å². The van der Waals surface area contributed by atoms with Crippen LogP contribution in [0.3, 0.4) is 0 Å². The van der Waals surface area contributed by atoms with Crippen LogP contribution in [-0.4, -0.2) is 36.4 Å². The maximum atomic E-state index is 5.98. The Bertz CT molecular complexity index is 829. The summed E-state index contributed by atoms with van der Waals surface area (Å²) in [6.07, 6.45) is 5.63. The van der Waals surface area contributed by atoms with Crippen LogP contribution in [0.5, 0.6) is 0 Å². The molecule has 126 valence electrons. The van der Waals surface area contributed by atoms with Gasteiger partial charge < -0.3 is 9.15 Å². The van der Waals surface area contributed by atoms with Crippen molar-refractivity contribution in [3.8, 4) is 11.6 Å². The van der Waals surface area contributed by atoms with E-state index in [1.54, 1.807) is 9.36 Å². The molecule has 3 aromatic rings. The van der Waals surface area contributed by atoms with E-state index in [2.05, 4.69) is 20.4 Å². The number of hydrogen-bond donors (Lipinski definition) is 0. The van der Waals surface area contributed by atoms with Gasteiger partial charge in [-0.15, -0.1) is 10.2 Å². The second-order valence-electron chi connectivity index (χ2n) is 6.23. The first-order chi connectivity index (χ1) is 11.6. The largest absolute Gasteiger partial charge is 0.419 e. The predicted octanol–water partition coefficient (Wildman–Crippen LogP) is 2.15. The molecule has 24 heavy (non-hydrogen) atoms. The lowest BCUT2D eigenvalue weighted by atomic mass is 9.91. The fourth-order valence-corrected chi connectivity index (χ4v) is 3.10. The van der Waals surface area contributed by atoms with Gasteiger partial charge in [0.2, 0.25) is 5.89 Å². The predicted molar refractivity (Wildman–Crippen MR) is 85.1 cm³/mol. The average Bonchev–Trinajstić information content (AvgIpc) is 3.29. The fourth-order valence-electron chi connectivity index (χ4n) is 3.10. The zero-order valence-electron chi connectivity index (χ0n) is 14.0. The minimum Gasteiger partial charge on any atom is -0.419 e. The molecule has 0 amide bonds. The van der Waals surface area contributed by atoms with Gasteiger partial charge in [0.1, 0.15) is 5.69 Å². The van der Waals surface area contributed by atoms with E-state index in [0.717, 1.165) is 30.7 Å². The van der Waals surface area contributed by atoms with Gasteiger partial charge >= 0.3 is 0 Å².